The highest BCUT2D eigenvalue weighted by molar-refractivity contribution is 5.95. The maximum Gasteiger partial charge on any atom is 0.290 e. The summed E-state index contributed by atoms with van der Waals surface area (Å²) in [5.41, 5.74) is 8.41. The van der Waals surface area contributed by atoms with Gasteiger partial charge in [0, 0.05) is 24.2 Å². The van der Waals surface area contributed by atoms with Crippen LogP contribution in [-0.2, 0) is 12.8 Å². The molecule has 1 amide bonds. The maximum absolute atomic E-state index is 12.2. The minimum Gasteiger partial charge on any atom is -0.285 e. The van der Waals surface area contributed by atoms with Crippen molar-refractivity contribution in [2.24, 2.45) is 4.99 Å². The Balaban J connectivity index is 1.61. The summed E-state index contributed by atoms with van der Waals surface area (Å²) in [4.78, 5) is 16.6. The van der Waals surface area contributed by atoms with E-state index in [0.717, 1.165) is 62.2 Å². The van der Waals surface area contributed by atoms with Crippen molar-refractivity contribution in [3.8, 4) is 0 Å². The van der Waals surface area contributed by atoms with Crippen molar-refractivity contribution < 1.29 is 4.79 Å². The van der Waals surface area contributed by atoms with Crippen molar-refractivity contribution in [2.75, 3.05) is 6.54 Å². The van der Waals surface area contributed by atoms with E-state index < -0.39 is 0 Å². The average molecular weight is 275 g/mol. The van der Waals surface area contributed by atoms with Crippen LogP contribution in [0.4, 0.5) is 0 Å². The lowest BCUT2D eigenvalue weighted by atomic mass is 9.96. The molecule has 0 aromatic carbocycles. The van der Waals surface area contributed by atoms with Gasteiger partial charge in [0.15, 0.2) is 5.69 Å². The summed E-state index contributed by atoms with van der Waals surface area (Å²) in [7, 11) is 0. The lowest BCUT2D eigenvalue weighted by Gasteiger charge is -2.12. The molecule has 1 aliphatic heterocycles. The van der Waals surface area contributed by atoms with Gasteiger partial charge in [-0.05, 0) is 38.5 Å². The molecule has 0 saturated heterocycles. The van der Waals surface area contributed by atoms with Crippen LogP contribution >= 0.6 is 0 Å². The molecule has 0 atom stereocenters. The first kappa shape index (κ1) is 13.1. The fourth-order valence-electron chi connectivity index (χ4n) is 2.83. The van der Waals surface area contributed by atoms with Crippen molar-refractivity contribution in [2.45, 2.75) is 51.4 Å². The van der Waals surface area contributed by atoms with Crippen LogP contribution in [0.25, 0.3) is 0 Å². The van der Waals surface area contributed by atoms with Crippen LogP contribution in [-0.4, -0.2) is 28.5 Å². The van der Waals surface area contributed by atoms with Gasteiger partial charge < -0.3 is 0 Å². The van der Waals surface area contributed by atoms with Crippen LogP contribution in [0.2, 0.25) is 0 Å². The molecule has 3 rings (SSSR count). The lowest BCUT2D eigenvalue weighted by molar-refractivity contribution is 0.0937. The van der Waals surface area contributed by atoms with Gasteiger partial charge in [0.05, 0.1) is 0 Å². The molecule has 0 unspecified atom stereocenters. The van der Waals surface area contributed by atoms with E-state index in [0.29, 0.717) is 5.69 Å². The van der Waals surface area contributed by atoms with Gasteiger partial charge in [0.25, 0.3) is 5.91 Å². The third-order valence-corrected chi connectivity index (χ3v) is 3.97. The van der Waals surface area contributed by atoms with Gasteiger partial charge in [-0.15, -0.1) is 0 Å². The van der Waals surface area contributed by atoms with Gasteiger partial charge >= 0.3 is 0 Å². The van der Waals surface area contributed by atoms with Crippen LogP contribution in [0, 0.1) is 0 Å². The molecule has 0 spiro atoms. The summed E-state index contributed by atoms with van der Waals surface area (Å²) in [5, 5.41) is 7.15. The molecule has 0 fully saturated rings. The number of aryl methyl sites for hydroxylation is 1. The Labute approximate surface area is 118 Å². The number of fused-ring (bicyclic) bond motifs is 1. The number of amides is 1. The highest BCUT2D eigenvalue weighted by Crippen LogP contribution is 2.21. The fourth-order valence-corrected chi connectivity index (χ4v) is 2.83. The molecule has 0 saturated carbocycles. The van der Waals surface area contributed by atoms with Gasteiger partial charge in [-0.1, -0.05) is 6.42 Å². The molecule has 1 aromatic heterocycles. The second-order valence-electron chi connectivity index (χ2n) is 5.45. The van der Waals surface area contributed by atoms with Crippen LogP contribution in [0.5, 0.6) is 0 Å². The molecular weight excluding hydrogens is 254 g/mol. The smallest absolute Gasteiger partial charge is 0.285 e. The number of nitrogens with zero attached hydrogens (tertiary/aromatic N) is 2. The number of H-pyrrole nitrogens is 1. The minimum absolute atomic E-state index is 0.170. The van der Waals surface area contributed by atoms with Crippen molar-refractivity contribution in [1.82, 2.24) is 21.0 Å². The molecule has 3 N–H and O–H groups in total. The van der Waals surface area contributed by atoms with E-state index in [-0.39, 0.29) is 5.91 Å². The second-order valence-corrected chi connectivity index (χ2v) is 5.45. The zero-order valence-corrected chi connectivity index (χ0v) is 11.7. The number of carbonyl (C=O) groups excluding carboxylic acids is 1. The Morgan fingerprint density at radius 2 is 1.90 bits per heavy atom. The first-order valence-corrected chi connectivity index (χ1v) is 7.50. The number of hydrogen-bond acceptors (Lipinski definition) is 4. The largest absolute Gasteiger partial charge is 0.290 e. The normalized spacial score (nSPS) is 18.7. The van der Waals surface area contributed by atoms with Crippen molar-refractivity contribution >= 4 is 11.7 Å². The Morgan fingerprint density at radius 1 is 1.05 bits per heavy atom. The van der Waals surface area contributed by atoms with Gasteiger partial charge in [0.2, 0.25) is 0 Å². The van der Waals surface area contributed by atoms with E-state index in [9.17, 15) is 4.79 Å². The Hall–Kier alpha value is -1.85. The van der Waals surface area contributed by atoms with Crippen LogP contribution in [0.3, 0.4) is 0 Å². The fraction of sp³-hybridized carbons (Fsp3) is 0.643. The number of amidine groups is 1. The summed E-state index contributed by atoms with van der Waals surface area (Å²) in [6.45, 7) is 0.843. The first-order valence-electron chi connectivity index (χ1n) is 7.50. The van der Waals surface area contributed by atoms with Gasteiger partial charge in [0.1, 0.15) is 5.84 Å². The van der Waals surface area contributed by atoms with Crippen LogP contribution < -0.4 is 10.9 Å². The standard InChI is InChI=1S/C14H21N5O/c20-14(19-17-12-8-2-1-5-9-15-12)13-10-6-3-4-7-11(10)16-18-13/h1-9H2,(H,15,17)(H,16,18)(H,19,20). The Morgan fingerprint density at radius 3 is 2.85 bits per heavy atom. The third-order valence-electron chi connectivity index (χ3n) is 3.97. The van der Waals surface area contributed by atoms with E-state index in [1.54, 1.807) is 0 Å². The zero-order valence-electron chi connectivity index (χ0n) is 11.7. The Bertz CT molecular complexity index is 520. The number of aromatic nitrogens is 2. The molecule has 6 heteroatoms. The van der Waals surface area contributed by atoms with Crippen molar-refractivity contribution in [3.63, 3.8) is 0 Å². The monoisotopic (exact) mass is 275 g/mol. The van der Waals surface area contributed by atoms with Crippen molar-refractivity contribution in [1.29, 1.82) is 0 Å². The number of hydrazine groups is 1. The van der Waals surface area contributed by atoms with Crippen LogP contribution in [0.1, 0.15) is 60.3 Å². The quantitative estimate of drug-likeness (QED) is 0.679. The van der Waals surface area contributed by atoms with Crippen LogP contribution in [0.15, 0.2) is 4.99 Å². The van der Waals surface area contributed by atoms with Gasteiger partial charge in [-0.2, -0.15) is 5.10 Å². The summed E-state index contributed by atoms with van der Waals surface area (Å²) < 4.78 is 0. The number of carbonyl (C=O) groups is 1. The molecule has 6 nitrogen and oxygen atoms in total. The molecule has 108 valence electrons. The van der Waals surface area contributed by atoms with E-state index in [1.807, 2.05) is 0 Å². The number of aliphatic imine (C=N–C) groups is 1. The highest BCUT2D eigenvalue weighted by atomic mass is 16.2. The first-order chi connectivity index (χ1) is 9.84. The maximum atomic E-state index is 12.2. The average Bonchev–Trinajstić information content (AvgIpc) is 2.73. The molecule has 1 aromatic rings. The summed E-state index contributed by atoms with van der Waals surface area (Å²) in [6.07, 6.45) is 8.60. The third kappa shape index (κ3) is 2.84. The van der Waals surface area contributed by atoms with Crippen molar-refractivity contribution in [3.05, 3.63) is 17.0 Å². The van der Waals surface area contributed by atoms with Gasteiger partial charge in [-0.3, -0.25) is 25.7 Å². The molecule has 0 radical (unpaired) electrons. The predicted molar refractivity (Wildman–Crippen MR) is 76.6 cm³/mol. The summed E-state index contributed by atoms with van der Waals surface area (Å²) in [6, 6.07) is 0. The predicted octanol–water partition coefficient (Wildman–Crippen LogP) is 1.50. The van der Waals surface area contributed by atoms with Gasteiger partial charge in [-0.25, -0.2) is 0 Å². The molecule has 20 heavy (non-hydrogen) atoms. The SMILES string of the molecule is O=C(NNC1=NCCCCC1)c1n[nH]c2c1CCCC2. The number of nitrogens with one attached hydrogen (secondary N) is 3. The van der Waals surface area contributed by atoms with E-state index >= 15 is 0 Å². The Kier molecular flexibility index (Phi) is 3.99. The molecule has 2 aliphatic rings. The number of aromatic amines is 1. The number of rotatable bonds is 1. The van der Waals surface area contributed by atoms with E-state index in [2.05, 4.69) is 26.0 Å². The summed E-state index contributed by atoms with van der Waals surface area (Å²) in [5.74, 6) is 0.705. The molecule has 2 heterocycles. The summed E-state index contributed by atoms with van der Waals surface area (Å²) >= 11 is 0. The minimum atomic E-state index is -0.170. The van der Waals surface area contributed by atoms with E-state index in [4.69, 9.17) is 0 Å². The highest BCUT2D eigenvalue weighted by Gasteiger charge is 2.21. The second kappa shape index (κ2) is 6.07. The molecule has 0 bridgehead atoms. The molecular formula is C14H21N5O. The molecule has 1 aliphatic carbocycles. The zero-order chi connectivity index (χ0) is 13.8. The van der Waals surface area contributed by atoms with E-state index in [1.165, 1.54) is 12.8 Å². The lowest BCUT2D eigenvalue weighted by Crippen LogP contribution is -2.42. The topological polar surface area (TPSA) is 82.2 Å². The number of hydrogen-bond donors (Lipinski definition) is 3.